The van der Waals surface area contributed by atoms with Crippen molar-refractivity contribution in [1.29, 1.82) is 0 Å². The molecule has 5 fully saturated rings. The molecule has 0 radical (unpaired) electrons. The first kappa shape index (κ1) is 89.5. The van der Waals surface area contributed by atoms with Gasteiger partial charge in [-0.05, 0) is 19.3 Å². The highest BCUT2D eigenvalue weighted by Gasteiger charge is 2.57. The van der Waals surface area contributed by atoms with E-state index in [9.17, 15) is 91.3 Å². The maximum Gasteiger partial charge on any atom is 0.323 e. The minimum Gasteiger partial charge on any atom is -0.466 e. The van der Waals surface area contributed by atoms with Gasteiger partial charge >= 0.3 is 11.9 Å². The molecule has 5 heterocycles. The van der Waals surface area contributed by atoms with Crippen LogP contribution < -0.4 is 5.32 Å². The van der Waals surface area contributed by atoms with Crippen molar-refractivity contribution in [2.45, 2.75) is 392 Å². The van der Waals surface area contributed by atoms with E-state index in [0.717, 1.165) is 44.9 Å². The van der Waals surface area contributed by atoms with Crippen molar-refractivity contribution >= 4 is 11.9 Å². The molecular formula is C71H131NO29. The van der Waals surface area contributed by atoms with Gasteiger partial charge in [-0.3, -0.25) is 14.9 Å². The molecule has 5 aliphatic rings. The number of aliphatic hydroxyl groups is 16. The number of hydrogen-bond donors (Lipinski definition) is 17. The van der Waals surface area contributed by atoms with Gasteiger partial charge in [0.25, 0.3) is 0 Å². The van der Waals surface area contributed by atoms with E-state index < -0.39 is 204 Å². The standard InChI is InChI=1S/C71H131NO29/c1-3-5-7-9-11-13-15-17-19-21-23-25-27-29-31-33-37-91-50(78)36-35-44(67(90)92-38-34-32-30-28-26-24-22-20-18-16-14-12-10-8-6-4-2)72-66-57(85)53(81)62(46(40-74)93-66)98-69-59(87)55(83)64(48(42-76)95-69)100-71-61(89)56(84)65(49(43-77)97-71)101-70-60(88)54(82)63(47(41-75)96-70)99-68-58(86)52(80)51(79)45(39-73)94-68/h44-49,51-66,68-77,79-89H,3-43H2,1-2H3/t44-,45+,46+,47+,48+,49+,51+,52-,53+,54+,55+,56+,57+,58+,59+,60+,61+,62+,63+,64+,65+,66-,68+,69+,70+,71+/m0/s1. The molecule has 0 aromatic heterocycles. The number of rotatable bonds is 53. The summed E-state index contributed by atoms with van der Waals surface area (Å²) < 4.78 is 62.7. The molecule has 0 saturated carbocycles. The van der Waals surface area contributed by atoms with Crippen molar-refractivity contribution in [1.82, 2.24) is 5.32 Å². The average Bonchev–Trinajstić information content (AvgIpc) is 0.780. The second-order valence-corrected chi connectivity index (χ2v) is 28.2. The fourth-order valence-electron chi connectivity index (χ4n) is 13.8. The van der Waals surface area contributed by atoms with Crippen LogP contribution in [0.1, 0.15) is 232 Å². The third-order valence-corrected chi connectivity index (χ3v) is 20.1. The fourth-order valence-corrected chi connectivity index (χ4v) is 13.8. The van der Waals surface area contributed by atoms with Crippen LogP contribution in [0.5, 0.6) is 0 Å². The molecule has 5 aliphatic heterocycles. The first-order valence-corrected chi connectivity index (χ1v) is 38.3. The van der Waals surface area contributed by atoms with E-state index in [1.54, 1.807) is 0 Å². The van der Waals surface area contributed by atoms with Gasteiger partial charge in [0.05, 0.1) is 46.2 Å². The Morgan fingerprint density at radius 1 is 0.317 bits per heavy atom. The average molecular weight is 1460 g/mol. The number of hydrogen-bond acceptors (Lipinski definition) is 30. The van der Waals surface area contributed by atoms with Crippen LogP contribution >= 0.6 is 0 Å². The molecule has 30 heteroatoms. The highest BCUT2D eigenvalue weighted by molar-refractivity contribution is 5.77. The summed E-state index contributed by atoms with van der Waals surface area (Å²) >= 11 is 0. The Morgan fingerprint density at radius 2 is 0.584 bits per heavy atom. The van der Waals surface area contributed by atoms with Crippen LogP contribution in [0.25, 0.3) is 0 Å². The third-order valence-electron chi connectivity index (χ3n) is 20.1. The molecule has 0 bridgehead atoms. The molecule has 26 atom stereocenters. The second-order valence-electron chi connectivity index (χ2n) is 28.2. The number of carbonyl (C=O) groups excluding carboxylic acids is 2. The number of aliphatic hydroxyl groups excluding tert-OH is 16. The minimum atomic E-state index is -2.16. The third kappa shape index (κ3) is 29.4. The van der Waals surface area contributed by atoms with Crippen molar-refractivity contribution in [3.05, 3.63) is 0 Å². The van der Waals surface area contributed by atoms with Gasteiger partial charge in [-0.25, -0.2) is 0 Å². The van der Waals surface area contributed by atoms with Crippen LogP contribution in [0.15, 0.2) is 0 Å². The summed E-state index contributed by atoms with van der Waals surface area (Å²) in [6.45, 7) is 0.0955. The van der Waals surface area contributed by atoms with Gasteiger partial charge < -0.3 is 134 Å². The highest BCUT2D eigenvalue weighted by Crippen LogP contribution is 2.36. The Labute approximate surface area is 596 Å². The van der Waals surface area contributed by atoms with Crippen molar-refractivity contribution in [2.24, 2.45) is 0 Å². The molecule has 0 aliphatic carbocycles. The van der Waals surface area contributed by atoms with Gasteiger partial charge in [-0.15, -0.1) is 0 Å². The van der Waals surface area contributed by atoms with Crippen LogP contribution in [-0.2, 0) is 61.7 Å². The fraction of sp³-hybridized carbons (Fsp3) is 0.972. The maximum absolute atomic E-state index is 13.8. The Hall–Kier alpha value is -2.10. The molecule has 594 valence electrons. The molecule has 0 amide bonds. The molecule has 0 aromatic carbocycles. The topological polar surface area (TPSA) is 471 Å². The molecule has 5 saturated heterocycles. The Balaban J connectivity index is 1.11. The van der Waals surface area contributed by atoms with E-state index >= 15 is 0 Å². The summed E-state index contributed by atoms with van der Waals surface area (Å²) in [5.41, 5.74) is 0. The van der Waals surface area contributed by atoms with E-state index in [1.807, 2.05) is 0 Å². The largest absolute Gasteiger partial charge is 0.466 e. The van der Waals surface area contributed by atoms with Crippen LogP contribution in [-0.4, -0.2) is 299 Å². The number of carbonyl (C=O) groups is 2. The first-order chi connectivity index (χ1) is 48.8. The van der Waals surface area contributed by atoms with Gasteiger partial charge in [-0.2, -0.15) is 0 Å². The summed E-state index contributed by atoms with van der Waals surface area (Å²) in [5, 5.41) is 176. The predicted molar refractivity (Wildman–Crippen MR) is 361 cm³/mol. The van der Waals surface area contributed by atoms with Gasteiger partial charge in [-0.1, -0.05) is 206 Å². The van der Waals surface area contributed by atoms with Crippen molar-refractivity contribution < 1.29 is 143 Å². The van der Waals surface area contributed by atoms with E-state index in [4.69, 9.17) is 52.1 Å². The molecule has 0 spiro atoms. The lowest BCUT2D eigenvalue weighted by atomic mass is 9.95. The van der Waals surface area contributed by atoms with Gasteiger partial charge in [0.1, 0.15) is 134 Å². The highest BCUT2D eigenvalue weighted by atomic mass is 16.8. The number of esters is 2. The number of nitrogens with one attached hydrogen (secondary N) is 1. The van der Waals surface area contributed by atoms with E-state index in [1.165, 1.54) is 148 Å². The summed E-state index contributed by atoms with van der Waals surface area (Å²) in [4.78, 5) is 26.9. The molecule has 30 nitrogen and oxygen atoms in total. The van der Waals surface area contributed by atoms with Crippen LogP contribution in [0.4, 0.5) is 0 Å². The van der Waals surface area contributed by atoms with Crippen LogP contribution in [0, 0.1) is 0 Å². The zero-order valence-corrected chi connectivity index (χ0v) is 60.0. The summed E-state index contributed by atoms with van der Waals surface area (Å²) in [6.07, 6.45) is -9.05. The molecule has 5 rings (SSSR count). The lowest BCUT2D eigenvalue weighted by Crippen LogP contribution is -2.68. The SMILES string of the molecule is CCCCCCCCCCCCCCCCCCOC(=O)CC[C@H](N[C@H]1O[C@H](CO)[C@@H](O[C@H]2O[C@H](CO)[C@@H](O[C@H]3O[C@H](CO)[C@@H](O[C@H]4O[C@H](CO)[C@@H](O[C@H]5O[C@H](CO)[C@@H](O)[C@H](O)[C@H]5O)[C@H](O)[C@H]4O)[C@H](O)[C@H]3O)[C@H](O)[C@H]2O)[C@H](O)[C@H]1O)C(=O)OCCCCCCCCCCCCCCCCCC. The van der Waals surface area contributed by atoms with Crippen LogP contribution in [0.2, 0.25) is 0 Å². The molecule has 17 N–H and O–H groups in total. The smallest absolute Gasteiger partial charge is 0.323 e. The zero-order valence-electron chi connectivity index (χ0n) is 60.0. The Morgan fingerprint density at radius 3 is 0.901 bits per heavy atom. The molecule has 101 heavy (non-hydrogen) atoms. The zero-order chi connectivity index (χ0) is 73.6. The second kappa shape index (κ2) is 50.5. The maximum atomic E-state index is 13.8. The van der Waals surface area contributed by atoms with Crippen molar-refractivity contribution in [2.75, 3.05) is 46.2 Å². The van der Waals surface area contributed by atoms with Crippen LogP contribution in [0.3, 0.4) is 0 Å². The first-order valence-electron chi connectivity index (χ1n) is 38.3. The van der Waals surface area contributed by atoms with Gasteiger partial charge in [0, 0.05) is 6.42 Å². The number of unbranched alkanes of at least 4 members (excludes halogenated alkanes) is 30. The van der Waals surface area contributed by atoms with Gasteiger partial charge in [0.15, 0.2) is 25.2 Å². The lowest BCUT2D eigenvalue weighted by Gasteiger charge is -2.49. The van der Waals surface area contributed by atoms with E-state index in [0.29, 0.717) is 12.8 Å². The summed E-state index contributed by atoms with van der Waals surface area (Å²) in [7, 11) is 0. The predicted octanol–water partition coefficient (Wildman–Crippen LogP) is 1.43. The summed E-state index contributed by atoms with van der Waals surface area (Å²) in [6, 6.07) is -1.28. The van der Waals surface area contributed by atoms with Crippen molar-refractivity contribution in [3.8, 4) is 0 Å². The van der Waals surface area contributed by atoms with E-state index in [-0.39, 0.29) is 26.1 Å². The lowest BCUT2D eigenvalue weighted by molar-refractivity contribution is -0.391. The molecular weight excluding hydrogens is 1330 g/mol. The quantitative estimate of drug-likeness (QED) is 0.0302. The normalized spacial score (nSPS) is 35.0. The minimum absolute atomic E-state index is 0.0831. The number of ether oxygens (including phenoxy) is 11. The summed E-state index contributed by atoms with van der Waals surface area (Å²) in [5.74, 6) is -1.31. The Bertz CT molecular complexity index is 2120. The monoisotopic (exact) mass is 1460 g/mol. The van der Waals surface area contributed by atoms with Crippen molar-refractivity contribution in [3.63, 3.8) is 0 Å². The molecule has 0 aromatic rings. The molecule has 0 unspecified atom stereocenters. The van der Waals surface area contributed by atoms with Gasteiger partial charge in [0.2, 0.25) is 0 Å². The van der Waals surface area contributed by atoms with E-state index in [2.05, 4.69) is 19.2 Å². The Kier molecular flexibility index (Phi) is 44.8.